The summed E-state index contributed by atoms with van der Waals surface area (Å²) in [6.45, 7) is 7.91. The Labute approximate surface area is 799 Å². The lowest BCUT2D eigenvalue weighted by molar-refractivity contribution is -0.143. The van der Waals surface area contributed by atoms with Crippen LogP contribution in [-0.2, 0) is 94.3 Å². The van der Waals surface area contributed by atoms with Gasteiger partial charge in [0.05, 0.1) is 31.7 Å². The van der Waals surface area contributed by atoms with Gasteiger partial charge in [0.2, 0.25) is 88.6 Å². The highest BCUT2D eigenvalue weighted by Crippen LogP contribution is 2.18. The highest BCUT2D eigenvalue weighted by atomic mass is 32.2. The molecule has 2 rings (SSSR count). The summed E-state index contributed by atoms with van der Waals surface area (Å²) in [7, 11) is 0. The van der Waals surface area contributed by atoms with Crippen molar-refractivity contribution < 1.29 is 112 Å². The Morgan fingerprint density at radius 2 is 0.691 bits per heavy atom. The van der Waals surface area contributed by atoms with Gasteiger partial charge in [0, 0.05) is 25.9 Å². The van der Waals surface area contributed by atoms with Crippen molar-refractivity contribution in [1.29, 1.82) is 10.8 Å². The number of phenolic OH excluding ortho intramolecular Hbond substituents is 2. The molecule has 2 aromatic carbocycles. The summed E-state index contributed by atoms with van der Waals surface area (Å²) >= 11 is 2.65. The number of carboxylic acids is 2. The fourth-order valence-electron chi connectivity index (χ4n) is 13.5. The van der Waals surface area contributed by atoms with E-state index in [2.05, 4.69) is 90.4 Å². The molecule has 0 radical (unpaired) electrons. The number of aliphatic hydroxyl groups is 2. The molecule has 0 aliphatic rings. The van der Waals surface area contributed by atoms with E-state index in [1.807, 2.05) is 6.26 Å². The number of guanidine groups is 2. The van der Waals surface area contributed by atoms with E-state index in [9.17, 15) is 112 Å². The number of carbonyl (C=O) groups excluding carboxylic acids is 15. The van der Waals surface area contributed by atoms with Crippen LogP contribution in [0.25, 0.3) is 0 Å². The summed E-state index contributed by atoms with van der Waals surface area (Å²) in [6.07, 6.45) is 0.804. The van der Waals surface area contributed by atoms with Crippen LogP contribution < -0.4 is 125 Å². The van der Waals surface area contributed by atoms with Crippen molar-refractivity contribution in [2.75, 3.05) is 69.9 Å². The van der Waals surface area contributed by atoms with Gasteiger partial charge in [-0.15, -0.1) is 0 Å². The largest absolute Gasteiger partial charge is 0.508 e. The van der Waals surface area contributed by atoms with Crippen LogP contribution in [0.15, 0.2) is 48.5 Å². The lowest BCUT2D eigenvalue weighted by Crippen LogP contribution is -2.62. The zero-order valence-electron chi connectivity index (χ0n) is 78.4. The molecule has 16 atom stereocenters. The van der Waals surface area contributed by atoms with Crippen LogP contribution in [0, 0.1) is 22.7 Å². The predicted molar refractivity (Wildman–Crippen MR) is 508 cm³/mol. The third kappa shape index (κ3) is 48.5. The van der Waals surface area contributed by atoms with Crippen molar-refractivity contribution in [3.63, 3.8) is 0 Å². The zero-order valence-corrected chi connectivity index (χ0v) is 80.1. The first-order valence-electron chi connectivity index (χ1n) is 45.1. The number of amides is 15. The van der Waals surface area contributed by atoms with E-state index in [0.717, 1.165) is 6.92 Å². The lowest BCUT2D eigenvalue weighted by atomic mass is 10.0. The number of aliphatic carboxylic acids is 2. The van der Waals surface area contributed by atoms with Crippen LogP contribution in [0.2, 0.25) is 0 Å². The molecule has 0 fully saturated rings. The van der Waals surface area contributed by atoms with Gasteiger partial charge >= 0.3 is 11.9 Å². The molecule has 764 valence electrons. The van der Waals surface area contributed by atoms with E-state index < -0.39 is 229 Å². The summed E-state index contributed by atoms with van der Waals surface area (Å²) in [4.78, 5) is 238. The number of hydrogen-bond donors (Lipinski definition) is 31. The summed E-state index contributed by atoms with van der Waals surface area (Å²) in [5.74, 6) is -19.1. The average Bonchev–Trinajstić information content (AvgIpc) is 0.848. The fourth-order valence-corrected chi connectivity index (χ4v) is 14.4. The monoisotopic (exact) mass is 1960 g/mol. The second kappa shape index (κ2) is 65.7. The Morgan fingerprint density at radius 1 is 0.368 bits per heavy atom. The Kier molecular flexibility index (Phi) is 58.0. The van der Waals surface area contributed by atoms with Gasteiger partial charge in [-0.1, -0.05) is 52.0 Å². The van der Waals surface area contributed by atoms with Gasteiger partial charge < -0.3 is 155 Å². The van der Waals surface area contributed by atoms with Gasteiger partial charge in [-0.25, -0.2) is 4.79 Å². The molecule has 0 saturated carbocycles. The molecule has 15 amide bonds. The summed E-state index contributed by atoms with van der Waals surface area (Å²) < 4.78 is 0. The zero-order chi connectivity index (χ0) is 102. The number of benzene rings is 2. The van der Waals surface area contributed by atoms with E-state index in [-0.39, 0.29) is 165 Å². The Hall–Kier alpha value is -12.0. The van der Waals surface area contributed by atoms with Crippen molar-refractivity contribution in [3.05, 3.63) is 59.7 Å². The molecule has 0 unspecified atom stereocenters. The molecule has 136 heavy (non-hydrogen) atoms. The number of unbranched alkanes of at least 4 members (excludes halogenated alkanes) is 3. The molecular formula is C86H145N25O23S2. The number of phenols is 2. The summed E-state index contributed by atoms with van der Waals surface area (Å²) in [5, 5.41) is 120. The number of rotatable bonds is 69. The molecule has 0 saturated heterocycles. The minimum absolute atomic E-state index is 0.000476. The van der Waals surface area contributed by atoms with Gasteiger partial charge in [0.15, 0.2) is 11.9 Å². The minimum Gasteiger partial charge on any atom is -0.508 e. The number of aliphatic hydroxyl groups excluding tert-OH is 2. The number of hydrogen-bond acceptors (Lipinski definition) is 29. The normalized spacial score (nSPS) is 14.7. The fraction of sp³-hybridized carbons (Fsp3) is 0.640. The van der Waals surface area contributed by atoms with E-state index >= 15 is 0 Å². The predicted octanol–water partition coefficient (Wildman–Crippen LogP) is -6.42. The standard InChI is InChI=1S/C86H145N25O23S2/c1-46(2)39-61(106-73(122)56(18-10-13-33-88)101-72(121)55(17-9-12-32-87)100-70(119)48(5)98-78(127)62(41-50-22-26-52(114)27-23-50)99-67(116)44-97-71(120)54(90)30-37-135-7)79(128)103-59(21-16-36-96-86(93)94)76(125)110-66(45-112)82(131)105-60(31-38-136-8)77(126)111-69(49(6)113)83(132)108-64(43-68(117)118)81(130)102-57(19-11-14-34-89)74(123)107-63(42-51-24-28-53(115)29-25-51)80(129)104-58(20-15-35-95-85(91)92)75(124)109-65(84(133)134)40-47(3)4/h22-29,46-49,54-66,69,112-115H,9-21,30-45,87-90H2,1-8H3,(H,97,120)(H,98,127)(H,99,116)(H,100,119)(H,101,121)(H,102,130)(H,103,128)(H,104,129)(H,105,131)(H,106,122)(H,107,123)(H,108,132)(H,109,124)(H,110,125)(H,111,126)(H,117,118)(H,133,134)(H4,91,92,95)(H4,93,94,96)/t48-,49+,54-,55-,56-,57-,58-,59-,60-,61-,62-,63-,64-,65-,66-,69-/m0/s1. The maximum absolute atomic E-state index is 14.7. The quantitative estimate of drug-likeness (QED) is 0.0166. The maximum atomic E-state index is 14.7. The summed E-state index contributed by atoms with van der Waals surface area (Å²) in [5.41, 5.74) is 35.3. The second-order valence-corrected chi connectivity index (χ2v) is 35.5. The van der Waals surface area contributed by atoms with Crippen LogP contribution in [-0.4, -0.2) is 310 Å². The maximum Gasteiger partial charge on any atom is 0.326 e. The lowest BCUT2D eigenvalue weighted by Gasteiger charge is -2.29. The molecule has 37 N–H and O–H groups in total. The van der Waals surface area contributed by atoms with Crippen molar-refractivity contribution in [2.24, 2.45) is 46.2 Å². The summed E-state index contributed by atoms with van der Waals surface area (Å²) in [6, 6.07) is -12.3. The molecule has 50 heteroatoms. The number of thioether (sulfide) groups is 2. The van der Waals surface area contributed by atoms with Crippen LogP contribution in [0.1, 0.15) is 168 Å². The van der Waals surface area contributed by atoms with E-state index in [1.165, 1.54) is 79.0 Å². The topological polar surface area (TPSA) is 820 Å². The van der Waals surface area contributed by atoms with E-state index in [1.54, 1.807) is 34.0 Å². The Balaban J connectivity index is 2.54. The molecule has 0 aliphatic heterocycles. The van der Waals surface area contributed by atoms with Crippen LogP contribution >= 0.6 is 23.5 Å². The first kappa shape index (κ1) is 120. The van der Waals surface area contributed by atoms with Gasteiger partial charge in [-0.2, -0.15) is 23.5 Å². The number of nitrogens with two attached hydrogens (primary N) is 6. The Morgan fingerprint density at radius 3 is 1.08 bits per heavy atom. The number of aromatic hydroxyl groups is 2. The molecule has 0 heterocycles. The van der Waals surface area contributed by atoms with E-state index in [0.29, 0.717) is 36.1 Å². The highest BCUT2D eigenvalue weighted by Gasteiger charge is 2.40. The SMILES string of the molecule is CSCC[C@H](NC(=O)[C@H](CO)NC(=O)[C@H](CCCNC(=N)N)NC(=O)[C@H](CC(C)C)NC(=O)[C@H](CCCCN)NC(=O)[C@H](CCCCN)NC(=O)[C@H](C)NC(=O)[C@H](Cc1ccc(O)cc1)NC(=O)CNC(=O)[C@@H](N)CCSC)C(=O)N[C@H](C(=O)N[C@@H](CC(=O)O)C(=O)N[C@@H](CCCCN)C(=O)N[C@@H](Cc1ccc(O)cc1)C(=O)N[C@@H](CCCNC(=N)N)C(=O)N[C@@H](CC(C)C)C(=O)O)[C@@H](C)O. The number of carbonyl (C=O) groups is 17. The molecular weight excluding hydrogens is 1820 g/mol. The molecule has 0 aliphatic carbocycles. The van der Waals surface area contributed by atoms with Crippen molar-refractivity contribution in [1.82, 2.24) is 90.4 Å². The number of nitrogens with one attached hydrogen (secondary N) is 19. The average molecular weight is 1960 g/mol. The third-order valence-electron chi connectivity index (χ3n) is 21.0. The van der Waals surface area contributed by atoms with Crippen molar-refractivity contribution >= 4 is 136 Å². The second-order valence-electron chi connectivity index (χ2n) is 33.6. The van der Waals surface area contributed by atoms with Gasteiger partial charge in [0.25, 0.3) is 0 Å². The molecule has 0 spiro atoms. The molecule has 0 bridgehead atoms. The van der Waals surface area contributed by atoms with Crippen LogP contribution in [0.3, 0.4) is 0 Å². The first-order valence-corrected chi connectivity index (χ1v) is 47.9. The highest BCUT2D eigenvalue weighted by molar-refractivity contribution is 7.98. The smallest absolute Gasteiger partial charge is 0.326 e. The first-order chi connectivity index (χ1) is 64.3. The third-order valence-corrected chi connectivity index (χ3v) is 22.2. The number of carboxylic acid groups (broad SMARTS) is 2. The van der Waals surface area contributed by atoms with Crippen LogP contribution in [0.5, 0.6) is 11.5 Å². The van der Waals surface area contributed by atoms with Gasteiger partial charge in [0.1, 0.15) is 96.1 Å². The van der Waals surface area contributed by atoms with E-state index in [4.69, 9.17) is 45.2 Å². The van der Waals surface area contributed by atoms with Crippen molar-refractivity contribution in [3.8, 4) is 11.5 Å². The molecule has 0 aromatic heterocycles. The molecule has 48 nitrogen and oxygen atoms in total. The van der Waals surface area contributed by atoms with Crippen molar-refractivity contribution in [2.45, 2.75) is 267 Å². The molecule has 2 aromatic rings. The van der Waals surface area contributed by atoms with Gasteiger partial charge in [-0.05, 0) is 214 Å². The minimum atomic E-state index is -2.11. The van der Waals surface area contributed by atoms with Gasteiger partial charge in [-0.3, -0.25) is 87.5 Å². The van der Waals surface area contributed by atoms with Crippen LogP contribution in [0.4, 0.5) is 0 Å². The Bertz CT molecular complexity index is 4200.